The quantitative estimate of drug-likeness (QED) is 0.183. The van der Waals surface area contributed by atoms with Crippen molar-refractivity contribution in [3.05, 3.63) is 145 Å². The van der Waals surface area contributed by atoms with Gasteiger partial charge in [0, 0.05) is 24.3 Å². The molecule has 4 aromatic carbocycles. The molecule has 0 fully saturated rings. The number of hydrogen-bond acceptors (Lipinski definition) is 4. The van der Waals surface area contributed by atoms with E-state index in [9.17, 15) is 19.2 Å². The second-order valence-corrected chi connectivity index (χ2v) is 10.3. The van der Waals surface area contributed by atoms with Crippen LogP contribution in [0.25, 0.3) is 11.1 Å². The Balaban J connectivity index is 0.000000682. The Bertz CT molecular complexity index is 1460. The topological polar surface area (TPSA) is 74.8 Å². The molecule has 6 nitrogen and oxygen atoms in total. The van der Waals surface area contributed by atoms with Crippen LogP contribution in [0.4, 0.5) is 11.4 Å². The highest BCUT2D eigenvalue weighted by Crippen LogP contribution is 2.22. The van der Waals surface area contributed by atoms with Gasteiger partial charge in [-0.2, -0.15) is 0 Å². The normalized spacial score (nSPS) is 12.1. The molecule has 50 heavy (non-hydrogen) atoms. The lowest BCUT2D eigenvalue weighted by molar-refractivity contribution is -0.121. The van der Waals surface area contributed by atoms with Crippen LogP contribution in [0, 0.1) is 0 Å². The van der Waals surface area contributed by atoms with Gasteiger partial charge in [0.15, 0.2) is 0 Å². The highest BCUT2D eigenvalue weighted by molar-refractivity contribution is 6.28. The maximum atomic E-state index is 11.2. The number of para-hydroxylation sites is 2. The van der Waals surface area contributed by atoms with Gasteiger partial charge in [-0.25, -0.2) is 9.80 Å². The maximum absolute atomic E-state index is 11.2. The van der Waals surface area contributed by atoms with Gasteiger partial charge in [0.2, 0.25) is 0 Å². The maximum Gasteiger partial charge on any atom is 0.258 e. The summed E-state index contributed by atoms with van der Waals surface area (Å²) in [6.45, 7) is 12.4. The average molecular weight is 677 g/mol. The van der Waals surface area contributed by atoms with Gasteiger partial charge in [-0.05, 0) is 59.4 Å². The number of aryl methyl sites for hydroxylation is 2. The average Bonchev–Trinajstić information content (AvgIpc) is 3.67. The van der Waals surface area contributed by atoms with Crippen molar-refractivity contribution in [3.63, 3.8) is 0 Å². The summed E-state index contributed by atoms with van der Waals surface area (Å²) < 4.78 is 0. The molecule has 0 bridgehead atoms. The van der Waals surface area contributed by atoms with Crippen LogP contribution in [0.5, 0.6) is 0 Å². The summed E-state index contributed by atoms with van der Waals surface area (Å²) >= 11 is 0. The number of carbonyl (C=O) groups excluding carboxylic acids is 4. The summed E-state index contributed by atoms with van der Waals surface area (Å²) in [4.78, 5) is 47.1. The van der Waals surface area contributed by atoms with Gasteiger partial charge in [-0.1, -0.05) is 154 Å². The van der Waals surface area contributed by atoms with Crippen molar-refractivity contribution < 1.29 is 19.2 Å². The number of benzene rings is 4. The Morgan fingerprint density at radius 3 is 0.900 bits per heavy atom. The van der Waals surface area contributed by atoms with E-state index in [1.54, 1.807) is 48.5 Å². The molecule has 0 saturated heterocycles. The molecule has 2 aliphatic rings. The monoisotopic (exact) mass is 676 g/mol. The van der Waals surface area contributed by atoms with Crippen molar-refractivity contribution in [1.82, 2.24) is 0 Å². The molecule has 0 unspecified atom stereocenters. The van der Waals surface area contributed by atoms with Crippen LogP contribution >= 0.6 is 0 Å². The fourth-order valence-corrected chi connectivity index (χ4v) is 4.77. The molecule has 266 valence electrons. The highest BCUT2D eigenvalue weighted by atomic mass is 16.2. The Morgan fingerprint density at radius 1 is 0.400 bits per heavy atom. The van der Waals surface area contributed by atoms with E-state index in [2.05, 4.69) is 62.4 Å². The lowest BCUT2D eigenvalue weighted by Gasteiger charge is -2.12. The van der Waals surface area contributed by atoms with Gasteiger partial charge in [-0.15, -0.1) is 0 Å². The zero-order chi connectivity index (χ0) is 35.3. The Morgan fingerprint density at radius 2 is 0.660 bits per heavy atom. The van der Waals surface area contributed by atoms with E-state index in [-0.39, 0.29) is 38.5 Å². The smallest absolute Gasteiger partial charge is 0.258 e. The lowest BCUT2D eigenvalue weighted by atomic mass is 10.0. The SMILES string of the molecule is C.C.CC.CC.CCCc1ccc(-c2ccc(CCC)cc2)cc1.O=C1C=CC(=O)N1c1ccccc1.O=C1C=CC(=O)N1c1ccccc1. The molecule has 4 aromatic rings. The van der Waals surface area contributed by atoms with E-state index < -0.39 is 0 Å². The van der Waals surface area contributed by atoms with E-state index >= 15 is 0 Å². The third-order valence-electron chi connectivity index (χ3n) is 6.97. The fraction of sp³-hybridized carbons (Fsp3) is 0.273. The van der Waals surface area contributed by atoms with Crippen LogP contribution in [-0.2, 0) is 32.0 Å². The van der Waals surface area contributed by atoms with E-state index in [1.807, 2.05) is 39.8 Å². The van der Waals surface area contributed by atoms with Crippen molar-refractivity contribution in [2.75, 3.05) is 9.80 Å². The van der Waals surface area contributed by atoms with Gasteiger partial charge in [-0.3, -0.25) is 19.2 Å². The number of hydrogen-bond donors (Lipinski definition) is 0. The first-order valence-electron chi connectivity index (χ1n) is 16.8. The molecule has 0 aliphatic carbocycles. The molecule has 2 aliphatic heterocycles. The van der Waals surface area contributed by atoms with Crippen molar-refractivity contribution in [2.45, 2.75) is 82.1 Å². The minimum atomic E-state index is -0.281. The molecule has 4 amide bonds. The molecule has 0 atom stereocenters. The Labute approximate surface area is 301 Å². The predicted molar refractivity (Wildman–Crippen MR) is 212 cm³/mol. The van der Waals surface area contributed by atoms with Crippen molar-refractivity contribution in [3.8, 4) is 11.1 Å². The zero-order valence-corrected chi connectivity index (χ0v) is 29.1. The van der Waals surface area contributed by atoms with Crippen molar-refractivity contribution in [2.24, 2.45) is 0 Å². The van der Waals surface area contributed by atoms with Gasteiger partial charge >= 0.3 is 0 Å². The molecule has 0 N–H and O–H groups in total. The second-order valence-electron chi connectivity index (χ2n) is 10.3. The third-order valence-corrected chi connectivity index (χ3v) is 6.97. The molecule has 0 saturated carbocycles. The van der Waals surface area contributed by atoms with Crippen molar-refractivity contribution in [1.29, 1.82) is 0 Å². The van der Waals surface area contributed by atoms with Crippen LogP contribution in [0.2, 0.25) is 0 Å². The first-order valence-corrected chi connectivity index (χ1v) is 16.8. The first-order chi connectivity index (χ1) is 23.4. The summed E-state index contributed by atoms with van der Waals surface area (Å²) in [7, 11) is 0. The van der Waals surface area contributed by atoms with Crippen LogP contribution in [0.15, 0.2) is 133 Å². The van der Waals surface area contributed by atoms with Gasteiger partial charge < -0.3 is 0 Å². The van der Waals surface area contributed by atoms with E-state index in [4.69, 9.17) is 0 Å². The van der Waals surface area contributed by atoms with Gasteiger partial charge in [0.25, 0.3) is 23.6 Å². The molecular weight excluding hydrogens is 620 g/mol. The number of amides is 4. The third kappa shape index (κ3) is 13.3. The molecule has 2 heterocycles. The summed E-state index contributed by atoms with van der Waals surface area (Å²) in [5, 5.41) is 0. The summed E-state index contributed by atoms with van der Waals surface area (Å²) in [6.07, 6.45) is 9.87. The van der Waals surface area contributed by atoms with Crippen LogP contribution in [0.3, 0.4) is 0 Å². The number of rotatable bonds is 7. The van der Waals surface area contributed by atoms with E-state index in [0.717, 1.165) is 9.80 Å². The second kappa shape index (κ2) is 24.7. The molecule has 6 rings (SSSR count). The van der Waals surface area contributed by atoms with E-state index in [1.165, 1.54) is 72.2 Å². The molecule has 0 aromatic heterocycles. The van der Waals surface area contributed by atoms with Crippen LogP contribution < -0.4 is 9.80 Å². The first kappa shape index (κ1) is 44.6. The van der Waals surface area contributed by atoms with Gasteiger partial charge in [0.1, 0.15) is 0 Å². The number of nitrogens with zero attached hydrogens (tertiary/aromatic N) is 2. The van der Waals surface area contributed by atoms with Crippen molar-refractivity contribution >= 4 is 35.0 Å². The molecular formula is C44H56N2O4. The zero-order valence-electron chi connectivity index (χ0n) is 29.1. The highest BCUT2D eigenvalue weighted by Gasteiger charge is 2.25. The van der Waals surface area contributed by atoms with Crippen LogP contribution in [-0.4, -0.2) is 23.6 Å². The minimum absolute atomic E-state index is 0. The largest absolute Gasteiger partial charge is 0.269 e. The number of carbonyl (C=O) groups is 4. The number of anilines is 2. The molecule has 6 heteroatoms. The Hall–Kier alpha value is -5.36. The fourth-order valence-electron chi connectivity index (χ4n) is 4.77. The molecule has 0 radical (unpaired) electrons. The molecule has 0 spiro atoms. The standard InChI is InChI=1S/C18H22.2C10H7NO2.2C2H6.2CH4/c1-3-5-15-7-11-17(12-8-15)18-13-9-16(6-4-2)10-14-18;2*12-9-6-7-10(13)11(9)8-4-2-1-3-5-8;2*1-2;;/h7-14H,3-6H2,1-2H3;2*1-7H;2*1-2H3;2*1H4. The number of imide groups is 2. The van der Waals surface area contributed by atoms with Gasteiger partial charge in [0.05, 0.1) is 11.4 Å². The summed E-state index contributed by atoms with van der Waals surface area (Å²) in [6, 6.07) is 35.7. The van der Waals surface area contributed by atoms with Crippen LogP contribution in [0.1, 0.15) is 80.4 Å². The summed E-state index contributed by atoms with van der Waals surface area (Å²) in [5.41, 5.74) is 6.73. The van der Waals surface area contributed by atoms with E-state index in [0.29, 0.717) is 11.4 Å². The summed E-state index contributed by atoms with van der Waals surface area (Å²) in [5.74, 6) is -1.13. The minimum Gasteiger partial charge on any atom is -0.269 e. The lowest BCUT2D eigenvalue weighted by Crippen LogP contribution is -2.29. The predicted octanol–water partition coefficient (Wildman–Crippen LogP) is 10.8. The Kier molecular flexibility index (Phi) is 22.1.